The fourth-order valence-electron chi connectivity index (χ4n) is 2.78. The van der Waals surface area contributed by atoms with Gasteiger partial charge in [0.1, 0.15) is 5.82 Å². The number of amides is 1. The van der Waals surface area contributed by atoms with Crippen molar-refractivity contribution < 1.29 is 17.6 Å². The summed E-state index contributed by atoms with van der Waals surface area (Å²) in [6.45, 7) is 2.17. The lowest BCUT2D eigenvalue weighted by molar-refractivity contribution is -0.116. The number of halogens is 1. The Morgan fingerprint density at radius 1 is 1.04 bits per heavy atom. The number of rotatable bonds is 9. The molecule has 2 aromatic rings. The molecule has 0 heterocycles. The minimum Gasteiger partial charge on any atom is -0.326 e. The molecule has 0 saturated carbocycles. The van der Waals surface area contributed by atoms with E-state index in [1.54, 1.807) is 18.2 Å². The summed E-state index contributed by atoms with van der Waals surface area (Å²) in [6.07, 6.45) is 2.16. The molecule has 1 N–H and O–H groups in total. The SMILES string of the molecule is CCc1ccccc1NC(=O)CCN(CCc1ccccc1F)S(C)(=O)=O. The molecule has 0 spiro atoms. The highest BCUT2D eigenvalue weighted by atomic mass is 32.2. The third kappa shape index (κ3) is 6.45. The number of anilines is 1. The number of aryl methyl sites for hydroxylation is 1. The molecule has 7 heteroatoms. The summed E-state index contributed by atoms with van der Waals surface area (Å²) >= 11 is 0. The molecular weight excluding hydrogens is 367 g/mol. The van der Waals surface area contributed by atoms with E-state index in [1.807, 2.05) is 31.2 Å². The number of hydrogen-bond donors (Lipinski definition) is 1. The van der Waals surface area contributed by atoms with Crippen LogP contribution < -0.4 is 5.32 Å². The van der Waals surface area contributed by atoms with Crippen LogP contribution in [-0.2, 0) is 27.7 Å². The van der Waals surface area contributed by atoms with Crippen molar-refractivity contribution in [2.75, 3.05) is 24.7 Å². The van der Waals surface area contributed by atoms with Crippen LogP contribution in [0.4, 0.5) is 10.1 Å². The molecule has 0 radical (unpaired) electrons. The van der Waals surface area contributed by atoms with Crippen molar-refractivity contribution in [1.82, 2.24) is 4.31 Å². The molecule has 0 saturated heterocycles. The molecule has 0 aromatic heterocycles. The summed E-state index contributed by atoms with van der Waals surface area (Å²) in [6, 6.07) is 13.8. The number of para-hydroxylation sites is 1. The second-order valence-corrected chi connectivity index (χ2v) is 8.29. The zero-order valence-electron chi connectivity index (χ0n) is 15.6. The van der Waals surface area contributed by atoms with Crippen molar-refractivity contribution in [2.24, 2.45) is 0 Å². The van der Waals surface area contributed by atoms with E-state index < -0.39 is 10.0 Å². The van der Waals surface area contributed by atoms with Crippen LogP contribution >= 0.6 is 0 Å². The minimum atomic E-state index is -3.50. The van der Waals surface area contributed by atoms with E-state index in [4.69, 9.17) is 0 Å². The molecule has 0 fully saturated rings. The number of carbonyl (C=O) groups excluding carboxylic acids is 1. The summed E-state index contributed by atoms with van der Waals surface area (Å²) in [5.41, 5.74) is 2.21. The van der Waals surface area contributed by atoms with Gasteiger partial charge in [-0.2, -0.15) is 0 Å². The molecule has 0 aliphatic heterocycles. The Kier molecular flexibility index (Phi) is 7.50. The van der Waals surface area contributed by atoms with Gasteiger partial charge in [0.05, 0.1) is 6.26 Å². The van der Waals surface area contributed by atoms with E-state index in [0.717, 1.165) is 23.9 Å². The summed E-state index contributed by atoms with van der Waals surface area (Å²) in [5, 5.41) is 2.83. The second kappa shape index (κ2) is 9.62. The molecule has 0 aliphatic rings. The van der Waals surface area contributed by atoms with Crippen molar-refractivity contribution in [2.45, 2.75) is 26.2 Å². The number of carbonyl (C=O) groups is 1. The maximum absolute atomic E-state index is 13.7. The zero-order chi connectivity index (χ0) is 19.9. The van der Waals surface area contributed by atoms with Gasteiger partial charge in [-0.1, -0.05) is 43.3 Å². The predicted octanol–water partition coefficient (Wildman–Crippen LogP) is 3.22. The summed E-state index contributed by atoms with van der Waals surface area (Å²) in [7, 11) is -3.50. The van der Waals surface area contributed by atoms with E-state index in [0.29, 0.717) is 5.56 Å². The minimum absolute atomic E-state index is 0.0301. The second-order valence-electron chi connectivity index (χ2n) is 6.31. The van der Waals surface area contributed by atoms with E-state index in [-0.39, 0.29) is 37.7 Å². The van der Waals surface area contributed by atoms with Gasteiger partial charge < -0.3 is 5.32 Å². The molecule has 0 bridgehead atoms. The highest BCUT2D eigenvalue weighted by Gasteiger charge is 2.18. The molecular formula is C20H25FN2O3S. The lowest BCUT2D eigenvalue weighted by Gasteiger charge is -2.20. The first-order valence-corrected chi connectivity index (χ1v) is 10.7. The predicted molar refractivity (Wildman–Crippen MR) is 106 cm³/mol. The van der Waals surface area contributed by atoms with Crippen LogP contribution in [0.25, 0.3) is 0 Å². The van der Waals surface area contributed by atoms with Gasteiger partial charge in [0.25, 0.3) is 0 Å². The third-order valence-corrected chi connectivity index (χ3v) is 5.62. The van der Waals surface area contributed by atoms with Gasteiger partial charge in [-0.25, -0.2) is 17.1 Å². The summed E-state index contributed by atoms with van der Waals surface area (Å²) < 4.78 is 39.0. The Morgan fingerprint density at radius 2 is 1.67 bits per heavy atom. The van der Waals surface area contributed by atoms with Gasteiger partial charge in [-0.05, 0) is 36.1 Å². The number of nitrogens with zero attached hydrogens (tertiary/aromatic N) is 1. The Morgan fingerprint density at radius 3 is 2.30 bits per heavy atom. The highest BCUT2D eigenvalue weighted by molar-refractivity contribution is 7.88. The van der Waals surface area contributed by atoms with Gasteiger partial charge in [0, 0.05) is 25.2 Å². The Labute approximate surface area is 160 Å². The van der Waals surface area contributed by atoms with E-state index in [9.17, 15) is 17.6 Å². The Hall–Kier alpha value is -2.25. The van der Waals surface area contributed by atoms with Crippen LogP contribution in [0, 0.1) is 5.82 Å². The van der Waals surface area contributed by atoms with Crippen LogP contribution in [0.2, 0.25) is 0 Å². The largest absolute Gasteiger partial charge is 0.326 e. The zero-order valence-corrected chi connectivity index (χ0v) is 16.4. The smallest absolute Gasteiger partial charge is 0.225 e. The standard InChI is InChI=1S/C20H25FN2O3S/c1-3-16-8-5-7-11-19(16)22-20(24)13-15-23(27(2,25)26)14-12-17-9-4-6-10-18(17)21/h4-11H,3,12-15H2,1-2H3,(H,22,24). The molecule has 27 heavy (non-hydrogen) atoms. The highest BCUT2D eigenvalue weighted by Crippen LogP contribution is 2.16. The normalized spacial score (nSPS) is 11.6. The fraction of sp³-hybridized carbons (Fsp3) is 0.350. The first-order valence-electron chi connectivity index (χ1n) is 8.87. The molecule has 146 valence electrons. The Balaban J connectivity index is 1.96. The number of nitrogens with one attached hydrogen (secondary N) is 1. The van der Waals surface area contributed by atoms with Crippen LogP contribution in [0.5, 0.6) is 0 Å². The maximum Gasteiger partial charge on any atom is 0.225 e. The molecule has 5 nitrogen and oxygen atoms in total. The average Bonchev–Trinajstić information content (AvgIpc) is 2.62. The van der Waals surface area contributed by atoms with E-state index >= 15 is 0 Å². The van der Waals surface area contributed by atoms with Crippen molar-refractivity contribution in [3.63, 3.8) is 0 Å². The molecule has 2 rings (SSSR count). The topological polar surface area (TPSA) is 66.5 Å². The van der Waals surface area contributed by atoms with Gasteiger partial charge in [-0.3, -0.25) is 4.79 Å². The summed E-state index contributed by atoms with van der Waals surface area (Å²) in [4.78, 5) is 12.2. The third-order valence-electron chi connectivity index (χ3n) is 4.32. The van der Waals surface area contributed by atoms with Crippen molar-refractivity contribution >= 4 is 21.6 Å². The monoisotopic (exact) mass is 392 g/mol. The van der Waals surface area contributed by atoms with Gasteiger partial charge in [0.15, 0.2) is 0 Å². The first-order chi connectivity index (χ1) is 12.8. The number of sulfonamides is 1. The molecule has 0 unspecified atom stereocenters. The van der Waals surface area contributed by atoms with Crippen LogP contribution in [0.3, 0.4) is 0 Å². The van der Waals surface area contributed by atoms with Crippen LogP contribution in [0.1, 0.15) is 24.5 Å². The quantitative estimate of drug-likeness (QED) is 0.713. The fourth-order valence-corrected chi connectivity index (χ4v) is 3.63. The molecule has 0 atom stereocenters. The Bertz CT molecular complexity index is 884. The van der Waals surface area contributed by atoms with E-state index in [1.165, 1.54) is 10.4 Å². The number of benzene rings is 2. The molecule has 0 aliphatic carbocycles. The van der Waals surface area contributed by atoms with Crippen molar-refractivity contribution in [3.8, 4) is 0 Å². The average molecular weight is 392 g/mol. The first kappa shape index (κ1) is 21.1. The van der Waals surface area contributed by atoms with Crippen molar-refractivity contribution in [3.05, 3.63) is 65.5 Å². The maximum atomic E-state index is 13.7. The molecule has 1 amide bonds. The van der Waals surface area contributed by atoms with Crippen molar-refractivity contribution in [1.29, 1.82) is 0 Å². The summed E-state index contributed by atoms with van der Waals surface area (Å²) in [5.74, 6) is -0.615. The lowest BCUT2D eigenvalue weighted by Crippen LogP contribution is -2.34. The van der Waals surface area contributed by atoms with Crippen LogP contribution in [-0.4, -0.2) is 38.0 Å². The van der Waals surface area contributed by atoms with E-state index in [2.05, 4.69) is 5.32 Å². The van der Waals surface area contributed by atoms with Crippen LogP contribution in [0.15, 0.2) is 48.5 Å². The number of hydrogen-bond acceptors (Lipinski definition) is 3. The lowest BCUT2D eigenvalue weighted by atomic mass is 10.1. The molecule has 2 aromatic carbocycles. The van der Waals surface area contributed by atoms with Gasteiger partial charge in [-0.15, -0.1) is 0 Å². The van der Waals surface area contributed by atoms with Gasteiger partial charge >= 0.3 is 0 Å². The van der Waals surface area contributed by atoms with Gasteiger partial charge in [0.2, 0.25) is 15.9 Å².